The third-order valence-electron chi connectivity index (χ3n) is 7.33. The van der Waals surface area contributed by atoms with Crippen LogP contribution in [0.1, 0.15) is 49.7 Å². The number of carboxylic acids is 1. The summed E-state index contributed by atoms with van der Waals surface area (Å²) in [6, 6.07) is 9.06. The fraction of sp³-hybridized carbons (Fsp3) is 0.640. The van der Waals surface area contributed by atoms with Gasteiger partial charge in [0.15, 0.2) is 0 Å². The monoisotopic (exact) mass is 512 g/mol. The van der Waals surface area contributed by atoms with Crippen LogP contribution in [0.5, 0.6) is 0 Å². The number of likely N-dealkylation sites (N-methyl/N-ethyl adjacent to an activating group) is 1. The van der Waals surface area contributed by atoms with E-state index in [4.69, 9.17) is 9.90 Å². The second-order valence-electron chi connectivity index (χ2n) is 10.1. The van der Waals surface area contributed by atoms with Crippen molar-refractivity contribution in [3.8, 4) is 0 Å². The maximum Gasteiger partial charge on any atom is 0.490 e. The Hall–Kier alpha value is -2.82. The Morgan fingerprint density at radius 1 is 1.11 bits per heavy atom. The maximum atomic E-state index is 13.0. The normalized spacial score (nSPS) is 19.8. The first-order valence-corrected chi connectivity index (χ1v) is 12.3. The highest BCUT2D eigenvalue weighted by Gasteiger charge is 2.43. The van der Waals surface area contributed by atoms with Crippen LogP contribution in [-0.4, -0.2) is 90.2 Å². The smallest absolute Gasteiger partial charge is 0.475 e. The average Bonchev–Trinajstić information content (AvgIpc) is 3.33. The van der Waals surface area contributed by atoms with Gasteiger partial charge < -0.3 is 20.2 Å². The number of amides is 3. The Kier molecular flexibility index (Phi) is 8.86. The number of carbonyl (C=O) groups excluding carboxylic acids is 2. The van der Waals surface area contributed by atoms with Gasteiger partial charge in [-0.05, 0) is 49.9 Å². The Morgan fingerprint density at radius 2 is 1.69 bits per heavy atom. The molecule has 1 aliphatic carbocycles. The summed E-state index contributed by atoms with van der Waals surface area (Å²) in [4.78, 5) is 40.0. The molecule has 1 aromatic carbocycles. The molecule has 2 fully saturated rings. The second kappa shape index (κ2) is 11.5. The van der Waals surface area contributed by atoms with Crippen molar-refractivity contribution >= 4 is 17.9 Å². The van der Waals surface area contributed by atoms with Crippen LogP contribution in [0.2, 0.25) is 0 Å². The molecule has 0 radical (unpaired) electrons. The number of nitrogens with one attached hydrogen (secondary N) is 1. The summed E-state index contributed by atoms with van der Waals surface area (Å²) in [5, 5.41) is 10.4. The topological polar surface area (TPSA) is 93.2 Å². The molecule has 36 heavy (non-hydrogen) atoms. The minimum atomic E-state index is -5.08. The standard InChI is InChI=1S/C23H34N4O2.C2HF3O2/c1-25(2)21(28)16-26-13-11-23(12-14-26)17-27(15-18-7-3-6-10-20(18)23)22(29)24-19-8-4-5-9-19;3-2(4,5)1(6)7/h3,6-7,10,19H,4-5,8-9,11-17H2,1-2H3,(H,24,29);(H,6,7). The number of benzene rings is 1. The molecule has 2 heterocycles. The first-order chi connectivity index (χ1) is 16.9. The van der Waals surface area contributed by atoms with Gasteiger partial charge in [-0.25, -0.2) is 9.59 Å². The van der Waals surface area contributed by atoms with Crippen LogP contribution in [0.15, 0.2) is 24.3 Å². The summed E-state index contributed by atoms with van der Waals surface area (Å²) in [5.74, 6) is -2.60. The Morgan fingerprint density at radius 3 is 2.25 bits per heavy atom. The molecule has 2 aliphatic heterocycles. The molecule has 3 aliphatic rings. The first kappa shape index (κ1) is 27.8. The zero-order chi connectivity index (χ0) is 26.5. The lowest BCUT2D eigenvalue weighted by molar-refractivity contribution is -0.192. The van der Waals surface area contributed by atoms with Crippen LogP contribution in [-0.2, 0) is 21.5 Å². The van der Waals surface area contributed by atoms with Crippen molar-refractivity contribution in [1.29, 1.82) is 0 Å². The van der Waals surface area contributed by atoms with Crippen molar-refractivity contribution in [3.05, 3.63) is 35.4 Å². The number of carbonyl (C=O) groups is 3. The van der Waals surface area contributed by atoms with E-state index in [-0.39, 0.29) is 17.4 Å². The predicted octanol–water partition coefficient (Wildman–Crippen LogP) is 3.21. The highest BCUT2D eigenvalue weighted by atomic mass is 19.4. The lowest BCUT2D eigenvalue weighted by atomic mass is 9.69. The summed E-state index contributed by atoms with van der Waals surface area (Å²) >= 11 is 0. The van der Waals surface area contributed by atoms with Crippen molar-refractivity contribution in [2.75, 3.05) is 40.3 Å². The zero-order valence-electron chi connectivity index (χ0n) is 20.8. The van der Waals surface area contributed by atoms with Crippen LogP contribution in [0, 0.1) is 0 Å². The zero-order valence-corrected chi connectivity index (χ0v) is 20.8. The summed E-state index contributed by atoms with van der Waals surface area (Å²) in [7, 11) is 3.62. The molecule has 0 unspecified atom stereocenters. The number of urea groups is 1. The van der Waals surface area contributed by atoms with Gasteiger partial charge in [-0.3, -0.25) is 9.69 Å². The van der Waals surface area contributed by atoms with Gasteiger partial charge in [0, 0.05) is 38.6 Å². The molecule has 1 spiro atoms. The Balaban J connectivity index is 0.000000454. The molecular formula is C25H35F3N4O4. The average molecular weight is 513 g/mol. The number of nitrogens with zero attached hydrogens (tertiary/aromatic N) is 3. The number of fused-ring (bicyclic) bond motifs is 2. The van der Waals surface area contributed by atoms with E-state index in [0.29, 0.717) is 19.1 Å². The van der Waals surface area contributed by atoms with Gasteiger partial charge in [0.2, 0.25) is 5.91 Å². The van der Waals surface area contributed by atoms with Crippen LogP contribution >= 0.6 is 0 Å². The molecule has 2 N–H and O–H groups in total. The number of alkyl halides is 3. The number of hydrogen-bond donors (Lipinski definition) is 2. The lowest BCUT2D eigenvalue weighted by Gasteiger charge is -2.48. The van der Waals surface area contributed by atoms with Crippen LogP contribution < -0.4 is 5.32 Å². The van der Waals surface area contributed by atoms with Crippen molar-refractivity contribution in [2.24, 2.45) is 0 Å². The second-order valence-corrected chi connectivity index (χ2v) is 10.1. The van der Waals surface area contributed by atoms with E-state index in [2.05, 4.69) is 34.5 Å². The minimum absolute atomic E-state index is 0.000473. The summed E-state index contributed by atoms with van der Waals surface area (Å²) < 4.78 is 31.7. The van der Waals surface area contributed by atoms with Crippen LogP contribution in [0.3, 0.4) is 0 Å². The maximum absolute atomic E-state index is 13.0. The molecule has 0 atom stereocenters. The van der Waals surface area contributed by atoms with E-state index in [0.717, 1.165) is 45.3 Å². The molecule has 11 heteroatoms. The molecule has 1 saturated carbocycles. The van der Waals surface area contributed by atoms with Crippen molar-refractivity contribution in [2.45, 2.75) is 62.7 Å². The largest absolute Gasteiger partial charge is 0.490 e. The van der Waals surface area contributed by atoms with Crippen molar-refractivity contribution in [3.63, 3.8) is 0 Å². The quantitative estimate of drug-likeness (QED) is 0.649. The molecule has 0 aromatic heterocycles. The summed E-state index contributed by atoms with van der Waals surface area (Å²) in [5.41, 5.74) is 2.68. The van der Waals surface area contributed by atoms with Gasteiger partial charge in [0.25, 0.3) is 0 Å². The number of halogens is 3. The lowest BCUT2D eigenvalue weighted by Crippen LogP contribution is -2.56. The fourth-order valence-corrected chi connectivity index (χ4v) is 5.27. The third-order valence-corrected chi connectivity index (χ3v) is 7.33. The minimum Gasteiger partial charge on any atom is -0.475 e. The van der Waals surface area contributed by atoms with Gasteiger partial charge in [-0.15, -0.1) is 0 Å². The molecule has 4 rings (SSSR count). The number of hydrogen-bond acceptors (Lipinski definition) is 4. The summed E-state index contributed by atoms with van der Waals surface area (Å²) in [6.07, 6.45) is 1.54. The molecule has 0 bridgehead atoms. The van der Waals surface area contributed by atoms with E-state index in [1.807, 2.05) is 19.0 Å². The highest BCUT2D eigenvalue weighted by molar-refractivity contribution is 5.77. The molecule has 200 valence electrons. The van der Waals surface area contributed by atoms with Crippen molar-refractivity contribution in [1.82, 2.24) is 20.0 Å². The highest BCUT2D eigenvalue weighted by Crippen LogP contribution is 2.41. The number of rotatable bonds is 3. The van der Waals surface area contributed by atoms with Crippen LogP contribution in [0.4, 0.5) is 18.0 Å². The molecule has 8 nitrogen and oxygen atoms in total. The van der Waals surface area contributed by atoms with E-state index >= 15 is 0 Å². The molecule has 1 aromatic rings. The van der Waals surface area contributed by atoms with E-state index in [9.17, 15) is 22.8 Å². The molecule has 1 saturated heterocycles. The Labute approximate surface area is 209 Å². The third kappa shape index (κ3) is 6.89. The number of likely N-dealkylation sites (tertiary alicyclic amines) is 1. The van der Waals surface area contributed by atoms with Crippen LogP contribution in [0.25, 0.3) is 0 Å². The number of aliphatic carboxylic acids is 1. The number of piperidine rings is 1. The van der Waals surface area contributed by atoms with Gasteiger partial charge in [-0.1, -0.05) is 37.1 Å². The molecule has 3 amide bonds. The van der Waals surface area contributed by atoms with E-state index in [1.165, 1.54) is 24.0 Å². The number of carboxylic acid groups (broad SMARTS) is 1. The fourth-order valence-electron chi connectivity index (χ4n) is 5.27. The van der Waals surface area contributed by atoms with Gasteiger partial charge >= 0.3 is 18.2 Å². The summed E-state index contributed by atoms with van der Waals surface area (Å²) in [6.45, 7) is 3.74. The van der Waals surface area contributed by atoms with Gasteiger partial charge in [-0.2, -0.15) is 13.2 Å². The first-order valence-electron chi connectivity index (χ1n) is 12.3. The molecular weight excluding hydrogens is 477 g/mol. The van der Waals surface area contributed by atoms with E-state index in [1.54, 1.807) is 4.90 Å². The SMILES string of the molecule is CN(C)C(=O)CN1CCC2(CC1)CN(C(=O)NC1CCCC1)Cc1ccccc12.O=C(O)C(F)(F)F. The van der Waals surface area contributed by atoms with E-state index < -0.39 is 12.1 Å². The van der Waals surface area contributed by atoms with Gasteiger partial charge in [0.1, 0.15) is 0 Å². The predicted molar refractivity (Wildman–Crippen MR) is 127 cm³/mol. The van der Waals surface area contributed by atoms with Gasteiger partial charge in [0.05, 0.1) is 6.54 Å². The van der Waals surface area contributed by atoms with Crippen molar-refractivity contribution < 1.29 is 32.7 Å². The Bertz CT molecular complexity index is 939.